The van der Waals surface area contributed by atoms with E-state index >= 15 is 0 Å². The zero-order valence-electron chi connectivity index (χ0n) is 10.7. The molecule has 1 saturated carbocycles. The summed E-state index contributed by atoms with van der Waals surface area (Å²) in [6, 6.07) is 0. The van der Waals surface area contributed by atoms with E-state index in [0.29, 0.717) is 5.92 Å². The zero-order chi connectivity index (χ0) is 11.8. The SMILES string of the molecule is C=CC(=O)CC(CCCC)C1CCCCC1. The van der Waals surface area contributed by atoms with Gasteiger partial charge in [-0.2, -0.15) is 0 Å². The van der Waals surface area contributed by atoms with Gasteiger partial charge < -0.3 is 0 Å². The maximum atomic E-state index is 11.5. The van der Waals surface area contributed by atoms with Gasteiger partial charge in [0, 0.05) is 6.42 Å². The molecule has 1 atom stereocenters. The fraction of sp³-hybridized carbons (Fsp3) is 0.800. The molecule has 1 aliphatic carbocycles. The Hall–Kier alpha value is -0.590. The van der Waals surface area contributed by atoms with E-state index in [2.05, 4.69) is 13.5 Å². The Kier molecular flexibility index (Phi) is 6.44. The highest BCUT2D eigenvalue weighted by molar-refractivity contribution is 5.89. The number of carbonyl (C=O) groups excluding carboxylic acids is 1. The molecule has 1 nitrogen and oxygen atoms in total. The third kappa shape index (κ3) is 4.51. The van der Waals surface area contributed by atoms with Crippen molar-refractivity contribution in [3.8, 4) is 0 Å². The molecule has 0 aromatic carbocycles. The van der Waals surface area contributed by atoms with Crippen molar-refractivity contribution in [3.05, 3.63) is 12.7 Å². The Morgan fingerprint density at radius 1 is 1.38 bits per heavy atom. The van der Waals surface area contributed by atoms with E-state index in [0.717, 1.165) is 12.3 Å². The van der Waals surface area contributed by atoms with E-state index in [4.69, 9.17) is 0 Å². The van der Waals surface area contributed by atoms with Gasteiger partial charge in [0.15, 0.2) is 5.78 Å². The van der Waals surface area contributed by atoms with Crippen molar-refractivity contribution >= 4 is 5.78 Å². The second kappa shape index (κ2) is 7.65. The van der Waals surface area contributed by atoms with Crippen molar-refractivity contribution in [1.29, 1.82) is 0 Å². The first kappa shape index (κ1) is 13.5. The molecule has 0 aromatic rings. The van der Waals surface area contributed by atoms with Gasteiger partial charge in [-0.3, -0.25) is 4.79 Å². The van der Waals surface area contributed by atoms with Gasteiger partial charge in [-0.15, -0.1) is 0 Å². The number of carbonyl (C=O) groups is 1. The summed E-state index contributed by atoms with van der Waals surface area (Å²) in [5.41, 5.74) is 0. The van der Waals surface area contributed by atoms with Crippen molar-refractivity contribution in [2.24, 2.45) is 11.8 Å². The standard InChI is InChI=1S/C15H26O/c1-3-5-9-14(12-15(16)4-2)13-10-7-6-8-11-13/h4,13-14H,2-3,5-12H2,1H3. The molecule has 0 amide bonds. The van der Waals surface area contributed by atoms with Crippen LogP contribution < -0.4 is 0 Å². The topological polar surface area (TPSA) is 17.1 Å². The Balaban J connectivity index is 2.46. The van der Waals surface area contributed by atoms with Gasteiger partial charge in [0.05, 0.1) is 0 Å². The minimum absolute atomic E-state index is 0.242. The molecule has 1 aliphatic rings. The van der Waals surface area contributed by atoms with Gasteiger partial charge in [0.1, 0.15) is 0 Å². The molecule has 0 radical (unpaired) electrons. The molecule has 1 heteroatoms. The molecule has 0 saturated heterocycles. The second-order valence-corrected chi connectivity index (χ2v) is 5.17. The Morgan fingerprint density at radius 3 is 2.62 bits per heavy atom. The zero-order valence-corrected chi connectivity index (χ0v) is 10.7. The predicted octanol–water partition coefficient (Wildman–Crippen LogP) is 4.52. The molecule has 0 spiro atoms. The van der Waals surface area contributed by atoms with Gasteiger partial charge in [-0.1, -0.05) is 58.4 Å². The van der Waals surface area contributed by atoms with Crippen LogP contribution in [0.1, 0.15) is 64.7 Å². The van der Waals surface area contributed by atoms with Crippen LogP contribution in [-0.4, -0.2) is 5.78 Å². The molecule has 0 aliphatic heterocycles. The molecule has 0 heterocycles. The van der Waals surface area contributed by atoms with Crippen LogP contribution in [0.3, 0.4) is 0 Å². The number of rotatable bonds is 7. The van der Waals surface area contributed by atoms with Crippen molar-refractivity contribution in [2.45, 2.75) is 64.7 Å². The van der Waals surface area contributed by atoms with Crippen LogP contribution in [0.4, 0.5) is 0 Å². The summed E-state index contributed by atoms with van der Waals surface area (Å²) in [5.74, 6) is 1.68. The monoisotopic (exact) mass is 222 g/mol. The summed E-state index contributed by atoms with van der Waals surface area (Å²) in [6.07, 6.45) is 12.8. The number of unbranched alkanes of at least 4 members (excludes halogenated alkanes) is 1. The molecule has 0 aromatic heterocycles. The first-order chi connectivity index (χ1) is 7.77. The number of hydrogen-bond donors (Lipinski definition) is 0. The minimum atomic E-state index is 0.242. The summed E-state index contributed by atoms with van der Waals surface area (Å²) in [4.78, 5) is 11.5. The summed E-state index contributed by atoms with van der Waals surface area (Å²) in [6.45, 7) is 5.82. The van der Waals surface area contributed by atoms with Gasteiger partial charge in [0.2, 0.25) is 0 Å². The Labute approximate surface area is 100 Å². The highest BCUT2D eigenvalue weighted by Crippen LogP contribution is 2.34. The summed E-state index contributed by atoms with van der Waals surface area (Å²) >= 11 is 0. The quantitative estimate of drug-likeness (QED) is 0.579. The van der Waals surface area contributed by atoms with Crippen LogP contribution in [0.2, 0.25) is 0 Å². The van der Waals surface area contributed by atoms with E-state index in [1.165, 1.54) is 57.4 Å². The number of allylic oxidation sites excluding steroid dienone is 1. The maximum absolute atomic E-state index is 11.5. The smallest absolute Gasteiger partial charge is 0.155 e. The number of ketones is 1. The van der Waals surface area contributed by atoms with Gasteiger partial charge in [0.25, 0.3) is 0 Å². The lowest BCUT2D eigenvalue weighted by molar-refractivity contribution is -0.116. The predicted molar refractivity (Wildman–Crippen MR) is 69.4 cm³/mol. The van der Waals surface area contributed by atoms with Crippen LogP contribution in [0.25, 0.3) is 0 Å². The molecule has 0 N–H and O–H groups in total. The number of hydrogen-bond acceptors (Lipinski definition) is 1. The lowest BCUT2D eigenvalue weighted by Gasteiger charge is -2.29. The van der Waals surface area contributed by atoms with Crippen molar-refractivity contribution in [1.82, 2.24) is 0 Å². The Morgan fingerprint density at radius 2 is 2.06 bits per heavy atom. The highest BCUT2D eigenvalue weighted by atomic mass is 16.1. The van der Waals surface area contributed by atoms with E-state index < -0.39 is 0 Å². The van der Waals surface area contributed by atoms with E-state index in [9.17, 15) is 4.79 Å². The minimum Gasteiger partial charge on any atom is -0.295 e. The fourth-order valence-corrected chi connectivity index (χ4v) is 2.92. The van der Waals surface area contributed by atoms with Crippen molar-refractivity contribution in [3.63, 3.8) is 0 Å². The van der Waals surface area contributed by atoms with Crippen molar-refractivity contribution in [2.75, 3.05) is 0 Å². The normalized spacial score (nSPS) is 19.3. The Bertz CT molecular complexity index is 213. The molecular weight excluding hydrogens is 196 g/mol. The van der Waals surface area contributed by atoms with Crippen LogP contribution in [0.5, 0.6) is 0 Å². The molecule has 92 valence electrons. The highest BCUT2D eigenvalue weighted by Gasteiger charge is 2.24. The largest absolute Gasteiger partial charge is 0.295 e. The van der Waals surface area contributed by atoms with Crippen LogP contribution in [-0.2, 0) is 4.79 Å². The lowest BCUT2D eigenvalue weighted by atomic mass is 9.76. The van der Waals surface area contributed by atoms with E-state index in [1.54, 1.807) is 0 Å². The van der Waals surface area contributed by atoms with E-state index in [-0.39, 0.29) is 5.78 Å². The van der Waals surface area contributed by atoms with Crippen molar-refractivity contribution < 1.29 is 4.79 Å². The fourth-order valence-electron chi connectivity index (χ4n) is 2.92. The van der Waals surface area contributed by atoms with Gasteiger partial charge >= 0.3 is 0 Å². The third-order valence-corrected chi connectivity index (χ3v) is 3.94. The first-order valence-electron chi connectivity index (χ1n) is 6.93. The molecule has 1 rings (SSSR count). The second-order valence-electron chi connectivity index (χ2n) is 5.17. The van der Waals surface area contributed by atoms with Crippen LogP contribution in [0.15, 0.2) is 12.7 Å². The van der Waals surface area contributed by atoms with Gasteiger partial charge in [-0.05, 0) is 24.3 Å². The molecule has 0 bridgehead atoms. The molecule has 16 heavy (non-hydrogen) atoms. The third-order valence-electron chi connectivity index (χ3n) is 3.94. The lowest BCUT2D eigenvalue weighted by Crippen LogP contribution is -2.20. The average Bonchev–Trinajstić information content (AvgIpc) is 2.35. The summed E-state index contributed by atoms with van der Waals surface area (Å²) in [5, 5.41) is 0. The van der Waals surface area contributed by atoms with E-state index in [1.807, 2.05) is 0 Å². The molecule has 1 unspecified atom stereocenters. The average molecular weight is 222 g/mol. The van der Waals surface area contributed by atoms with Crippen LogP contribution >= 0.6 is 0 Å². The molecular formula is C15H26O. The summed E-state index contributed by atoms with van der Waals surface area (Å²) in [7, 11) is 0. The van der Waals surface area contributed by atoms with Gasteiger partial charge in [-0.25, -0.2) is 0 Å². The first-order valence-corrected chi connectivity index (χ1v) is 6.93. The molecule has 1 fully saturated rings. The van der Waals surface area contributed by atoms with Crippen LogP contribution in [0, 0.1) is 11.8 Å². The summed E-state index contributed by atoms with van der Waals surface area (Å²) < 4.78 is 0. The maximum Gasteiger partial charge on any atom is 0.155 e.